The molecule has 3 N–H and O–H groups in total. The number of nitrogens with two attached hydrogens (primary N) is 1. The van der Waals surface area contributed by atoms with Crippen molar-refractivity contribution >= 4 is 34.7 Å². The van der Waals surface area contributed by atoms with Crippen molar-refractivity contribution in [3.63, 3.8) is 0 Å². The summed E-state index contributed by atoms with van der Waals surface area (Å²) in [6.07, 6.45) is 7.28. The van der Waals surface area contributed by atoms with E-state index >= 15 is 0 Å². The second-order valence-corrected chi connectivity index (χ2v) is 9.85. The lowest BCUT2D eigenvalue weighted by Crippen LogP contribution is -2.41. The van der Waals surface area contributed by atoms with Gasteiger partial charge in [0.15, 0.2) is 5.82 Å². The predicted octanol–water partition coefficient (Wildman–Crippen LogP) is 5.00. The molecule has 32 heavy (non-hydrogen) atoms. The molecule has 0 aliphatic heterocycles. The predicted molar refractivity (Wildman–Crippen MR) is 128 cm³/mol. The Bertz CT molecular complexity index is 996. The molecule has 3 unspecified atom stereocenters. The van der Waals surface area contributed by atoms with Gasteiger partial charge in [0.2, 0.25) is 0 Å². The van der Waals surface area contributed by atoms with E-state index in [9.17, 15) is 4.79 Å². The summed E-state index contributed by atoms with van der Waals surface area (Å²) in [6.45, 7) is 5.13. The first kappa shape index (κ1) is 22.8. The fraction of sp³-hybridized carbons (Fsp3) is 0.542. The molecule has 0 radical (unpaired) electrons. The third-order valence-corrected chi connectivity index (χ3v) is 7.08. The summed E-state index contributed by atoms with van der Waals surface area (Å²) in [4.78, 5) is 16.7. The van der Waals surface area contributed by atoms with Gasteiger partial charge in [0.1, 0.15) is 5.56 Å². The number of anilines is 2. The number of aromatic nitrogens is 2. The number of rotatable bonds is 8. The molecule has 2 aliphatic carbocycles. The topological polar surface area (TPSA) is 94.5 Å². The lowest BCUT2D eigenvalue weighted by atomic mass is 9.79. The van der Waals surface area contributed by atoms with Crippen molar-refractivity contribution in [1.29, 1.82) is 0 Å². The van der Waals surface area contributed by atoms with Crippen LogP contribution in [0.2, 0.25) is 5.02 Å². The van der Waals surface area contributed by atoms with Crippen LogP contribution < -0.4 is 11.1 Å². The van der Waals surface area contributed by atoms with Crippen LogP contribution in [0.3, 0.4) is 0 Å². The highest BCUT2D eigenvalue weighted by atomic mass is 35.5. The van der Waals surface area contributed by atoms with E-state index in [1.165, 1.54) is 12.8 Å². The Morgan fingerprint density at radius 2 is 2.06 bits per heavy atom. The zero-order valence-corrected chi connectivity index (χ0v) is 19.7. The first-order chi connectivity index (χ1) is 15.3. The van der Waals surface area contributed by atoms with Gasteiger partial charge in [-0.25, -0.2) is 0 Å². The molecule has 3 atom stereocenters. The maximum Gasteiger partial charge on any atom is 0.254 e. The fourth-order valence-corrected chi connectivity index (χ4v) is 4.61. The number of ether oxygens (including phenoxy) is 1. The number of nitrogens with one attached hydrogen (secondary N) is 1. The normalized spacial score (nSPS) is 24.9. The van der Waals surface area contributed by atoms with Gasteiger partial charge >= 0.3 is 0 Å². The molecule has 1 aromatic carbocycles. The molecule has 0 spiro atoms. The highest BCUT2D eigenvalue weighted by Crippen LogP contribution is 2.46. The molecule has 1 heterocycles. The Balaban J connectivity index is 1.62. The van der Waals surface area contributed by atoms with Crippen LogP contribution in [0.5, 0.6) is 0 Å². The van der Waals surface area contributed by atoms with Crippen LogP contribution in [-0.4, -0.2) is 41.2 Å². The number of amides is 1. The van der Waals surface area contributed by atoms with E-state index in [1.807, 2.05) is 23.9 Å². The van der Waals surface area contributed by atoms with Crippen LogP contribution >= 0.6 is 11.6 Å². The number of benzene rings is 1. The molecular weight excluding hydrogens is 426 g/mol. The first-order valence-electron chi connectivity index (χ1n) is 11.3. The van der Waals surface area contributed by atoms with E-state index in [0.717, 1.165) is 37.3 Å². The summed E-state index contributed by atoms with van der Waals surface area (Å²) < 4.78 is 8.33. The van der Waals surface area contributed by atoms with E-state index in [1.54, 1.807) is 18.3 Å². The highest BCUT2D eigenvalue weighted by molar-refractivity contribution is 6.30. The zero-order chi connectivity index (χ0) is 22.9. The maximum atomic E-state index is 12.2. The summed E-state index contributed by atoms with van der Waals surface area (Å²) in [5.74, 6) is 0.0220. The number of carbonyl (C=O) groups excluding carboxylic acids is 1. The molecule has 0 saturated heterocycles. The first-order valence-corrected chi connectivity index (χ1v) is 11.6. The van der Waals surface area contributed by atoms with E-state index in [2.05, 4.69) is 24.2 Å². The summed E-state index contributed by atoms with van der Waals surface area (Å²) in [5, 5.41) is 8.61. The van der Waals surface area contributed by atoms with Gasteiger partial charge in [0.05, 0.1) is 18.8 Å². The standard InChI is InChI=1S/C24H32ClN5O2/c1-15(27-3)21-19(5-4-6-20(21)32-14-24(2)11-12-24)30-13-18(22(26)31)23(29-30)28-17-9-7-16(25)8-10-17/h7-10,13,19-21H,4-6,11-12,14H2,1-3H3,(H2,26,31)(H,28,29). The van der Waals surface area contributed by atoms with E-state index in [0.29, 0.717) is 21.8 Å². The smallest absolute Gasteiger partial charge is 0.254 e. The number of aliphatic imine (C=N–C) groups is 1. The van der Waals surface area contributed by atoms with Crippen molar-refractivity contribution < 1.29 is 9.53 Å². The second kappa shape index (κ2) is 9.24. The van der Waals surface area contributed by atoms with Crippen LogP contribution in [-0.2, 0) is 4.74 Å². The van der Waals surface area contributed by atoms with Crippen LogP contribution in [0, 0.1) is 11.3 Å². The molecule has 1 aromatic heterocycles. The SMILES string of the molecule is CN=C(C)C1C(OCC2(C)CC2)CCCC1n1cc(C(N)=O)c(Nc2ccc(Cl)cc2)n1. The Kier molecular flexibility index (Phi) is 6.58. The molecular formula is C24H32ClN5O2. The van der Waals surface area contributed by atoms with Crippen LogP contribution in [0.1, 0.15) is 62.4 Å². The molecule has 2 fully saturated rings. The molecule has 2 saturated carbocycles. The van der Waals surface area contributed by atoms with E-state index < -0.39 is 5.91 Å². The van der Waals surface area contributed by atoms with Gasteiger partial charge in [-0.3, -0.25) is 14.5 Å². The molecule has 2 aromatic rings. The quantitative estimate of drug-likeness (QED) is 0.545. The number of carbonyl (C=O) groups is 1. The lowest BCUT2D eigenvalue weighted by Gasteiger charge is -2.38. The maximum absolute atomic E-state index is 12.2. The monoisotopic (exact) mass is 457 g/mol. The highest BCUT2D eigenvalue weighted by Gasteiger charge is 2.42. The van der Waals surface area contributed by atoms with Crippen molar-refractivity contribution in [2.45, 2.75) is 58.1 Å². The number of halogens is 1. The van der Waals surface area contributed by atoms with Gasteiger partial charge in [0.25, 0.3) is 5.91 Å². The Labute approximate surface area is 194 Å². The molecule has 172 valence electrons. The van der Waals surface area contributed by atoms with Crippen molar-refractivity contribution in [3.05, 3.63) is 41.0 Å². The fourth-order valence-electron chi connectivity index (χ4n) is 4.49. The third-order valence-electron chi connectivity index (χ3n) is 6.83. The van der Waals surface area contributed by atoms with E-state index in [4.69, 9.17) is 27.2 Å². The lowest BCUT2D eigenvalue weighted by molar-refractivity contribution is -0.0271. The summed E-state index contributed by atoms with van der Waals surface area (Å²) in [5.41, 5.74) is 8.20. The summed E-state index contributed by atoms with van der Waals surface area (Å²) >= 11 is 5.99. The van der Waals surface area contributed by atoms with Crippen molar-refractivity contribution in [2.75, 3.05) is 19.0 Å². The molecule has 4 rings (SSSR count). The van der Waals surface area contributed by atoms with Gasteiger partial charge < -0.3 is 15.8 Å². The molecule has 8 heteroatoms. The average molecular weight is 458 g/mol. The minimum absolute atomic E-state index is 0.0447. The van der Waals surface area contributed by atoms with Crippen molar-refractivity contribution in [2.24, 2.45) is 22.1 Å². The molecule has 2 aliphatic rings. The second-order valence-electron chi connectivity index (χ2n) is 9.42. The van der Waals surface area contributed by atoms with Gasteiger partial charge in [-0.15, -0.1) is 0 Å². The zero-order valence-electron chi connectivity index (χ0n) is 19.0. The third kappa shape index (κ3) is 4.99. The van der Waals surface area contributed by atoms with Crippen molar-refractivity contribution in [1.82, 2.24) is 9.78 Å². The number of hydrogen-bond donors (Lipinski definition) is 2. The Hall–Kier alpha value is -2.38. The summed E-state index contributed by atoms with van der Waals surface area (Å²) in [7, 11) is 1.83. The molecule has 1 amide bonds. The number of primary amides is 1. The van der Waals surface area contributed by atoms with Crippen molar-refractivity contribution in [3.8, 4) is 0 Å². The van der Waals surface area contributed by atoms with E-state index in [-0.39, 0.29) is 18.1 Å². The van der Waals surface area contributed by atoms with Crippen LogP contribution in [0.15, 0.2) is 35.5 Å². The number of hydrogen-bond acceptors (Lipinski definition) is 5. The van der Waals surface area contributed by atoms with Crippen LogP contribution in [0.25, 0.3) is 0 Å². The summed E-state index contributed by atoms with van der Waals surface area (Å²) in [6, 6.07) is 7.29. The molecule has 7 nitrogen and oxygen atoms in total. The molecule has 0 bridgehead atoms. The minimum atomic E-state index is -0.518. The average Bonchev–Trinajstić information content (AvgIpc) is 3.37. The largest absolute Gasteiger partial charge is 0.377 e. The van der Waals surface area contributed by atoms with Gasteiger partial charge in [0, 0.05) is 35.6 Å². The van der Waals surface area contributed by atoms with Gasteiger partial charge in [-0.2, -0.15) is 5.10 Å². The van der Waals surface area contributed by atoms with Gasteiger partial charge in [-0.1, -0.05) is 18.5 Å². The Morgan fingerprint density at radius 1 is 1.34 bits per heavy atom. The minimum Gasteiger partial charge on any atom is -0.377 e. The van der Waals surface area contributed by atoms with Gasteiger partial charge in [-0.05, 0) is 68.7 Å². The van der Waals surface area contributed by atoms with Crippen LogP contribution in [0.4, 0.5) is 11.5 Å². The Morgan fingerprint density at radius 3 is 2.69 bits per heavy atom. The number of nitrogens with zero attached hydrogens (tertiary/aromatic N) is 3.